The van der Waals surface area contributed by atoms with Gasteiger partial charge in [-0.2, -0.15) is 5.26 Å². The Kier molecular flexibility index (Phi) is 4.73. The Morgan fingerprint density at radius 3 is 2.67 bits per heavy atom. The van der Waals surface area contributed by atoms with Crippen molar-refractivity contribution in [3.8, 4) is 6.07 Å². The molecule has 1 unspecified atom stereocenters. The second-order valence-electron chi connectivity index (χ2n) is 4.73. The predicted octanol–water partition coefficient (Wildman–Crippen LogP) is 2.23. The topological polar surface area (TPSA) is 82.9 Å². The third-order valence-corrected chi connectivity index (χ3v) is 5.42. The van der Waals surface area contributed by atoms with Crippen molar-refractivity contribution in [3.63, 3.8) is 0 Å². The van der Waals surface area contributed by atoms with Gasteiger partial charge in [-0.25, -0.2) is 18.1 Å². The Hall–Kier alpha value is -1.75. The van der Waals surface area contributed by atoms with Gasteiger partial charge in [0.2, 0.25) is 10.0 Å². The van der Waals surface area contributed by atoms with Crippen molar-refractivity contribution >= 4 is 21.4 Å². The van der Waals surface area contributed by atoms with Crippen molar-refractivity contribution in [1.82, 2.24) is 9.71 Å². The summed E-state index contributed by atoms with van der Waals surface area (Å²) in [7, 11) is -3.62. The summed E-state index contributed by atoms with van der Waals surface area (Å²) in [6, 6.07) is 8.44. The summed E-state index contributed by atoms with van der Waals surface area (Å²) in [6.45, 7) is 3.84. The maximum atomic E-state index is 12.2. The van der Waals surface area contributed by atoms with Crippen LogP contribution in [0.5, 0.6) is 0 Å². The molecular weight excluding hydrogens is 306 g/mol. The molecule has 1 N–H and O–H groups in total. The van der Waals surface area contributed by atoms with Crippen molar-refractivity contribution in [2.75, 3.05) is 0 Å². The molecule has 0 aromatic carbocycles. The lowest BCUT2D eigenvalue weighted by Gasteiger charge is -2.13. The summed E-state index contributed by atoms with van der Waals surface area (Å²) >= 11 is 1.66. The van der Waals surface area contributed by atoms with Crippen LogP contribution in [0.1, 0.15) is 22.4 Å². The van der Waals surface area contributed by atoms with Crippen LogP contribution in [0.15, 0.2) is 35.4 Å². The lowest BCUT2D eigenvalue weighted by atomic mass is 10.2. The SMILES string of the molecule is Cc1ccc(CC(C)NS(=O)(=O)c2ccc(C#N)nc2)s1. The van der Waals surface area contributed by atoms with Crippen LogP contribution in [-0.4, -0.2) is 19.4 Å². The second-order valence-corrected chi connectivity index (χ2v) is 7.82. The average molecular weight is 321 g/mol. The van der Waals surface area contributed by atoms with Crippen molar-refractivity contribution in [1.29, 1.82) is 5.26 Å². The van der Waals surface area contributed by atoms with Gasteiger partial charge in [-0.3, -0.25) is 0 Å². The van der Waals surface area contributed by atoms with E-state index in [9.17, 15) is 8.42 Å². The van der Waals surface area contributed by atoms with E-state index in [0.717, 1.165) is 4.88 Å². The van der Waals surface area contributed by atoms with Crippen molar-refractivity contribution in [3.05, 3.63) is 45.9 Å². The van der Waals surface area contributed by atoms with E-state index in [2.05, 4.69) is 9.71 Å². The molecule has 0 saturated carbocycles. The van der Waals surface area contributed by atoms with E-state index in [4.69, 9.17) is 5.26 Å². The van der Waals surface area contributed by atoms with Gasteiger partial charge in [-0.15, -0.1) is 11.3 Å². The number of aromatic nitrogens is 1. The Labute approximate surface area is 128 Å². The van der Waals surface area contributed by atoms with Crippen LogP contribution in [0, 0.1) is 18.3 Å². The molecule has 0 fully saturated rings. The first-order valence-electron chi connectivity index (χ1n) is 6.34. The minimum absolute atomic E-state index is 0.0655. The molecule has 21 heavy (non-hydrogen) atoms. The number of sulfonamides is 1. The van der Waals surface area contributed by atoms with Gasteiger partial charge in [0.05, 0.1) is 0 Å². The lowest BCUT2D eigenvalue weighted by Crippen LogP contribution is -2.34. The number of nitrogens with zero attached hydrogens (tertiary/aromatic N) is 2. The van der Waals surface area contributed by atoms with E-state index in [0.29, 0.717) is 6.42 Å². The molecule has 2 aromatic heterocycles. The summed E-state index contributed by atoms with van der Waals surface area (Å²) in [6.07, 6.45) is 1.84. The minimum atomic E-state index is -3.62. The molecule has 0 aliphatic rings. The van der Waals surface area contributed by atoms with Gasteiger partial charge in [-0.1, -0.05) is 0 Å². The highest BCUT2D eigenvalue weighted by molar-refractivity contribution is 7.89. The molecule has 1 atom stereocenters. The Bertz CT molecular complexity index is 758. The van der Waals surface area contributed by atoms with Crippen LogP contribution in [0.4, 0.5) is 0 Å². The number of nitrogens with one attached hydrogen (secondary N) is 1. The van der Waals surface area contributed by atoms with E-state index < -0.39 is 10.0 Å². The van der Waals surface area contributed by atoms with Gasteiger partial charge >= 0.3 is 0 Å². The fourth-order valence-electron chi connectivity index (χ4n) is 1.88. The van der Waals surface area contributed by atoms with Gasteiger partial charge in [-0.05, 0) is 44.5 Å². The molecule has 0 spiro atoms. The highest BCUT2D eigenvalue weighted by atomic mass is 32.2. The maximum absolute atomic E-state index is 12.2. The number of rotatable bonds is 5. The molecular formula is C14H15N3O2S2. The standard InChI is InChI=1S/C14H15N3O2S2/c1-10(7-13-5-3-11(2)20-13)17-21(18,19)14-6-4-12(8-15)16-9-14/h3-6,9-10,17H,7H2,1-2H3. The molecule has 2 heterocycles. The average Bonchev–Trinajstić information content (AvgIpc) is 2.83. The summed E-state index contributed by atoms with van der Waals surface area (Å²) in [4.78, 5) is 6.19. The van der Waals surface area contributed by atoms with Crippen LogP contribution < -0.4 is 4.72 Å². The molecule has 0 aliphatic heterocycles. The molecule has 0 bridgehead atoms. The molecule has 0 amide bonds. The van der Waals surface area contributed by atoms with Gasteiger partial charge in [0.25, 0.3) is 0 Å². The minimum Gasteiger partial charge on any atom is -0.244 e. The first-order chi connectivity index (χ1) is 9.90. The van der Waals surface area contributed by atoms with Crippen LogP contribution in [0.25, 0.3) is 0 Å². The van der Waals surface area contributed by atoms with Gasteiger partial charge in [0.15, 0.2) is 0 Å². The van der Waals surface area contributed by atoms with E-state index in [1.54, 1.807) is 11.3 Å². The highest BCUT2D eigenvalue weighted by Crippen LogP contribution is 2.17. The summed E-state index contributed by atoms with van der Waals surface area (Å²) < 4.78 is 27.0. The Morgan fingerprint density at radius 1 is 1.38 bits per heavy atom. The first-order valence-corrected chi connectivity index (χ1v) is 8.64. The fraction of sp³-hybridized carbons (Fsp3) is 0.286. The quantitative estimate of drug-likeness (QED) is 0.915. The van der Waals surface area contributed by atoms with E-state index in [1.807, 2.05) is 32.0 Å². The molecule has 0 aliphatic carbocycles. The van der Waals surface area contributed by atoms with Crippen molar-refractivity contribution in [2.24, 2.45) is 0 Å². The predicted molar refractivity (Wildman–Crippen MR) is 81.5 cm³/mol. The van der Waals surface area contributed by atoms with Gasteiger partial charge in [0, 0.05) is 22.0 Å². The fourth-order valence-corrected chi connectivity index (χ4v) is 4.08. The van der Waals surface area contributed by atoms with Crippen LogP contribution in [0.2, 0.25) is 0 Å². The zero-order valence-electron chi connectivity index (χ0n) is 11.7. The summed E-state index contributed by atoms with van der Waals surface area (Å²) in [5, 5.41) is 8.67. The highest BCUT2D eigenvalue weighted by Gasteiger charge is 2.18. The van der Waals surface area contributed by atoms with Gasteiger partial charge in [0.1, 0.15) is 16.7 Å². The van der Waals surface area contributed by atoms with Crippen LogP contribution in [-0.2, 0) is 16.4 Å². The normalized spacial score (nSPS) is 12.8. The molecule has 2 rings (SSSR count). The molecule has 7 heteroatoms. The third kappa shape index (κ3) is 4.11. The van der Waals surface area contributed by atoms with E-state index in [1.165, 1.54) is 23.2 Å². The number of aryl methyl sites for hydroxylation is 1. The van der Waals surface area contributed by atoms with Crippen molar-refractivity contribution < 1.29 is 8.42 Å². The Morgan fingerprint density at radius 2 is 2.14 bits per heavy atom. The zero-order chi connectivity index (χ0) is 15.5. The number of pyridine rings is 1. The lowest BCUT2D eigenvalue weighted by molar-refractivity contribution is 0.560. The smallest absolute Gasteiger partial charge is 0.242 e. The van der Waals surface area contributed by atoms with E-state index in [-0.39, 0.29) is 16.6 Å². The Balaban J connectivity index is 2.07. The summed E-state index contributed by atoms with van der Waals surface area (Å²) in [5.41, 5.74) is 0.191. The third-order valence-electron chi connectivity index (χ3n) is 2.82. The number of hydrogen-bond donors (Lipinski definition) is 1. The van der Waals surface area contributed by atoms with E-state index >= 15 is 0 Å². The molecule has 0 radical (unpaired) electrons. The molecule has 0 saturated heterocycles. The molecule has 2 aromatic rings. The number of nitriles is 1. The van der Waals surface area contributed by atoms with Crippen LogP contribution in [0.3, 0.4) is 0 Å². The number of thiophene rings is 1. The van der Waals surface area contributed by atoms with Gasteiger partial charge < -0.3 is 0 Å². The molecule has 110 valence electrons. The largest absolute Gasteiger partial charge is 0.244 e. The monoisotopic (exact) mass is 321 g/mol. The van der Waals surface area contributed by atoms with Crippen molar-refractivity contribution in [2.45, 2.75) is 31.2 Å². The zero-order valence-corrected chi connectivity index (χ0v) is 13.3. The molecule has 5 nitrogen and oxygen atoms in total. The summed E-state index contributed by atoms with van der Waals surface area (Å²) in [5.74, 6) is 0. The van der Waals surface area contributed by atoms with Crippen LogP contribution >= 0.6 is 11.3 Å². The first kappa shape index (κ1) is 15.6. The number of hydrogen-bond acceptors (Lipinski definition) is 5. The second kappa shape index (κ2) is 6.35. The maximum Gasteiger partial charge on any atom is 0.242 e.